The highest BCUT2D eigenvalue weighted by Crippen LogP contribution is 2.29. The average molecular weight is 203 g/mol. The van der Waals surface area contributed by atoms with Gasteiger partial charge in [-0.05, 0) is 12.1 Å². The summed E-state index contributed by atoms with van der Waals surface area (Å²) >= 11 is 0. The monoisotopic (exact) mass is 203 g/mol. The van der Waals surface area contributed by atoms with E-state index in [2.05, 4.69) is 4.98 Å². The molecule has 1 aromatic heterocycles. The topological polar surface area (TPSA) is 12.9 Å². The Bertz CT molecular complexity index is 294. The lowest BCUT2D eigenvalue weighted by Gasteiger charge is -2.18. The smallest absolute Gasteiger partial charge is 0.248 e. The minimum atomic E-state index is -4.36. The lowest BCUT2D eigenvalue weighted by molar-refractivity contribution is -0.141. The minimum absolute atomic E-state index is 0.360. The van der Waals surface area contributed by atoms with Gasteiger partial charge < -0.3 is 0 Å². The van der Waals surface area contributed by atoms with Crippen LogP contribution in [0.1, 0.15) is 32.2 Å². The van der Waals surface area contributed by atoms with Crippen LogP contribution in [0, 0.1) is 0 Å². The predicted molar refractivity (Wildman–Crippen MR) is 47.9 cm³/mol. The van der Waals surface area contributed by atoms with Crippen LogP contribution in [0.15, 0.2) is 18.2 Å². The van der Waals surface area contributed by atoms with Gasteiger partial charge in [0.2, 0.25) is 0 Å². The van der Waals surface area contributed by atoms with Gasteiger partial charge in [0.25, 0.3) is 0 Å². The second-order valence-electron chi connectivity index (χ2n) is 4.16. The van der Waals surface area contributed by atoms with E-state index in [9.17, 15) is 13.2 Å². The number of halogens is 3. The summed E-state index contributed by atoms with van der Waals surface area (Å²) in [5.74, 6) is 0. The van der Waals surface area contributed by atoms with E-state index in [-0.39, 0.29) is 5.41 Å². The fourth-order valence-corrected chi connectivity index (χ4v) is 1.01. The fourth-order valence-electron chi connectivity index (χ4n) is 1.01. The molecule has 1 nitrogen and oxygen atoms in total. The standard InChI is InChI=1S/C10H12F3N/c1-9(2,3)7-5-4-6-8(14-7)10(11,12)13/h4-6H,1-3H3. The van der Waals surface area contributed by atoms with E-state index in [1.165, 1.54) is 6.07 Å². The number of pyridine rings is 1. The molecule has 78 valence electrons. The number of hydrogen-bond donors (Lipinski definition) is 0. The molecular formula is C10H12F3N. The normalized spacial score (nSPS) is 13.0. The first-order valence-corrected chi connectivity index (χ1v) is 4.26. The zero-order chi connectivity index (χ0) is 11.0. The molecule has 1 aromatic rings. The first-order valence-electron chi connectivity index (χ1n) is 4.26. The van der Waals surface area contributed by atoms with Crippen LogP contribution in [0.25, 0.3) is 0 Å². The van der Waals surface area contributed by atoms with Crippen molar-refractivity contribution in [1.82, 2.24) is 4.98 Å². The van der Waals surface area contributed by atoms with Crippen LogP contribution in [0.3, 0.4) is 0 Å². The summed E-state index contributed by atoms with van der Waals surface area (Å²) in [6, 6.07) is 3.97. The van der Waals surface area contributed by atoms with E-state index in [4.69, 9.17) is 0 Å². The van der Waals surface area contributed by atoms with Gasteiger partial charge in [0.15, 0.2) is 0 Å². The molecule has 4 heteroatoms. The van der Waals surface area contributed by atoms with E-state index >= 15 is 0 Å². The largest absolute Gasteiger partial charge is 0.433 e. The van der Waals surface area contributed by atoms with E-state index in [0.717, 1.165) is 6.07 Å². The summed E-state index contributed by atoms with van der Waals surface area (Å²) in [6.07, 6.45) is -4.36. The lowest BCUT2D eigenvalue weighted by Crippen LogP contribution is -2.17. The highest BCUT2D eigenvalue weighted by atomic mass is 19.4. The zero-order valence-electron chi connectivity index (χ0n) is 8.31. The molecule has 0 aliphatic carbocycles. The lowest BCUT2D eigenvalue weighted by atomic mass is 9.91. The van der Waals surface area contributed by atoms with Crippen molar-refractivity contribution >= 4 is 0 Å². The predicted octanol–water partition coefficient (Wildman–Crippen LogP) is 3.40. The van der Waals surface area contributed by atoms with E-state index < -0.39 is 11.9 Å². The minimum Gasteiger partial charge on any atom is -0.248 e. The molecule has 0 fully saturated rings. The number of nitrogens with zero attached hydrogens (tertiary/aromatic N) is 1. The number of rotatable bonds is 0. The Morgan fingerprint density at radius 1 is 1.00 bits per heavy atom. The van der Waals surface area contributed by atoms with Gasteiger partial charge in [0.05, 0.1) is 0 Å². The molecule has 14 heavy (non-hydrogen) atoms. The van der Waals surface area contributed by atoms with Crippen molar-refractivity contribution in [2.24, 2.45) is 0 Å². The van der Waals surface area contributed by atoms with Gasteiger partial charge in [0.1, 0.15) is 5.69 Å². The molecule has 0 N–H and O–H groups in total. The number of alkyl halides is 3. The molecule has 0 radical (unpaired) electrons. The Hall–Kier alpha value is -1.06. The van der Waals surface area contributed by atoms with Crippen LogP contribution in [0.5, 0.6) is 0 Å². The van der Waals surface area contributed by atoms with Crippen molar-refractivity contribution in [2.45, 2.75) is 32.4 Å². The zero-order valence-corrected chi connectivity index (χ0v) is 8.31. The van der Waals surface area contributed by atoms with Gasteiger partial charge in [-0.2, -0.15) is 13.2 Å². The molecule has 0 aromatic carbocycles. The molecule has 1 rings (SSSR count). The highest BCUT2D eigenvalue weighted by molar-refractivity contribution is 5.18. The van der Waals surface area contributed by atoms with Crippen LogP contribution >= 0.6 is 0 Å². The molecule has 1 heterocycles. The molecule has 0 amide bonds. The maximum absolute atomic E-state index is 12.3. The van der Waals surface area contributed by atoms with Gasteiger partial charge in [0, 0.05) is 11.1 Å². The average Bonchev–Trinajstić information content (AvgIpc) is 2.01. The van der Waals surface area contributed by atoms with Crippen molar-refractivity contribution < 1.29 is 13.2 Å². The van der Waals surface area contributed by atoms with E-state index in [0.29, 0.717) is 5.69 Å². The maximum Gasteiger partial charge on any atom is 0.433 e. The number of hydrogen-bond acceptors (Lipinski definition) is 1. The van der Waals surface area contributed by atoms with Gasteiger partial charge >= 0.3 is 6.18 Å². The third-order valence-corrected chi connectivity index (χ3v) is 1.81. The summed E-state index contributed by atoms with van der Waals surface area (Å²) in [5.41, 5.74) is -0.737. The van der Waals surface area contributed by atoms with Gasteiger partial charge in [-0.3, -0.25) is 0 Å². The Morgan fingerprint density at radius 3 is 1.93 bits per heavy atom. The second-order valence-corrected chi connectivity index (χ2v) is 4.16. The summed E-state index contributed by atoms with van der Waals surface area (Å²) in [4.78, 5) is 3.59. The van der Waals surface area contributed by atoms with Crippen molar-refractivity contribution in [3.8, 4) is 0 Å². The van der Waals surface area contributed by atoms with Crippen LogP contribution in [0.2, 0.25) is 0 Å². The van der Waals surface area contributed by atoms with Crippen LogP contribution < -0.4 is 0 Å². The molecule has 0 bridgehead atoms. The molecule has 0 saturated carbocycles. The van der Waals surface area contributed by atoms with E-state index in [1.807, 2.05) is 20.8 Å². The third-order valence-electron chi connectivity index (χ3n) is 1.81. The summed E-state index contributed by atoms with van der Waals surface area (Å²) in [7, 11) is 0. The number of aromatic nitrogens is 1. The molecule has 0 unspecified atom stereocenters. The Labute approximate surface area is 81.0 Å². The van der Waals surface area contributed by atoms with E-state index in [1.54, 1.807) is 6.07 Å². The van der Waals surface area contributed by atoms with Crippen molar-refractivity contribution in [3.63, 3.8) is 0 Å². The highest BCUT2D eigenvalue weighted by Gasteiger charge is 2.33. The molecule has 0 aliphatic rings. The molecular weight excluding hydrogens is 191 g/mol. The van der Waals surface area contributed by atoms with Gasteiger partial charge in [-0.1, -0.05) is 26.8 Å². The van der Waals surface area contributed by atoms with Crippen LogP contribution in [-0.2, 0) is 11.6 Å². The summed E-state index contributed by atoms with van der Waals surface area (Å²) < 4.78 is 36.9. The molecule has 0 aliphatic heterocycles. The third kappa shape index (κ3) is 2.47. The van der Waals surface area contributed by atoms with Crippen molar-refractivity contribution in [3.05, 3.63) is 29.6 Å². The Morgan fingerprint density at radius 2 is 1.50 bits per heavy atom. The first kappa shape index (κ1) is 11.0. The second kappa shape index (κ2) is 3.26. The van der Waals surface area contributed by atoms with Gasteiger partial charge in [-0.25, -0.2) is 4.98 Å². The maximum atomic E-state index is 12.3. The Kier molecular flexibility index (Phi) is 2.56. The SMILES string of the molecule is CC(C)(C)c1cccc(C(F)(F)F)n1. The fraction of sp³-hybridized carbons (Fsp3) is 0.500. The van der Waals surface area contributed by atoms with Crippen LogP contribution in [0.4, 0.5) is 13.2 Å². The van der Waals surface area contributed by atoms with Crippen molar-refractivity contribution in [2.75, 3.05) is 0 Å². The summed E-state index contributed by atoms with van der Waals surface area (Å²) in [6.45, 7) is 5.49. The van der Waals surface area contributed by atoms with Crippen LogP contribution in [-0.4, -0.2) is 4.98 Å². The first-order chi connectivity index (χ1) is 6.21. The summed E-state index contributed by atoms with van der Waals surface area (Å²) in [5, 5.41) is 0. The molecule has 0 atom stereocenters. The quantitative estimate of drug-likeness (QED) is 0.629. The Balaban J connectivity index is 3.15. The molecule has 0 saturated heterocycles. The van der Waals surface area contributed by atoms with Crippen molar-refractivity contribution in [1.29, 1.82) is 0 Å². The molecule has 0 spiro atoms. The van der Waals surface area contributed by atoms with Gasteiger partial charge in [-0.15, -0.1) is 0 Å².